The van der Waals surface area contributed by atoms with Crippen molar-refractivity contribution in [3.63, 3.8) is 0 Å². The number of aromatic amines is 1. The molecule has 0 bridgehead atoms. The van der Waals surface area contributed by atoms with Gasteiger partial charge in [0.15, 0.2) is 0 Å². The number of carboxylic acids is 2. The number of carboxylic acid groups (broad SMARTS) is 2. The molecule has 3 amide bonds. The second-order valence-corrected chi connectivity index (χ2v) is 8.45. The second-order valence-electron chi connectivity index (χ2n) is 8.45. The number of carbonyl (C=O) groups excluding carboxylic acids is 3. The van der Waals surface area contributed by atoms with Gasteiger partial charge in [0.25, 0.3) is 0 Å². The molecule has 0 aliphatic rings. The zero-order valence-electron chi connectivity index (χ0n) is 19.8. The predicted octanol–water partition coefficient (Wildman–Crippen LogP) is -1.92. The zero-order valence-corrected chi connectivity index (χ0v) is 19.8. The topological polar surface area (TPSA) is 243 Å². The van der Waals surface area contributed by atoms with Crippen molar-refractivity contribution in [3.8, 4) is 0 Å². The van der Waals surface area contributed by atoms with Crippen molar-refractivity contribution in [1.82, 2.24) is 25.9 Å². The lowest BCUT2D eigenvalue weighted by Gasteiger charge is -2.25. The van der Waals surface area contributed by atoms with E-state index in [1.165, 1.54) is 12.5 Å². The SMILES string of the molecule is CC(C)C(N)C(=O)NC(Cc1cnc[nH]1)C(=O)NC(CCCCN)C(=O)NC(CC(=O)O)C(=O)O. The second kappa shape index (κ2) is 14.7. The Hall–Kier alpha value is -3.52. The van der Waals surface area contributed by atoms with Gasteiger partial charge in [0.2, 0.25) is 17.7 Å². The van der Waals surface area contributed by atoms with Crippen LogP contribution in [0.4, 0.5) is 0 Å². The Morgan fingerprint density at radius 1 is 0.971 bits per heavy atom. The summed E-state index contributed by atoms with van der Waals surface area (Å²) in [5.74, 6) is -5.26. The van der Waals surface area contributed by atoms with Gasteiger partial charge >= 0.3 is 11.9 Å². The highest BCUT2D eigenvalue weighted by atomic mass is 16.4. The molecular weight excluding hydrogens is 462 g/mol. The standard InChI is InChI=1S/C21H35N7O7/c1-11(2)17(23)20(33)27-14(7-12-9-24-10-25-12)19(32)26-13(5-3-4-6-22)18(31)28-15(21(34)35)8-16(29)30/h9-11,13-15,17H,3-8,22-23H2,1-2H3,(H,24,25)(H,26,32)(H,27,33)(H,28,31)(H,29,30)(H,34,35). The first-order valence-electron chi connectivity index (χ1n) is 11.2. The summed E-state index contributed by atoms with van der Waals surface area (Å²) in [4.78, 5) is 67.5. The van der Waals surface area contributed by atoms with Crippen LogP contribution in [-0.4, -0.2) is 80.6 Å². The average Bonchev–Trinajstić information content (AvgIpc) is 3.29. The Morgan fingerprint density at radius 3 is 2.09 bits per heavy atom. The third-order valence-corrected chi connectivity index (χ3v) is 5.21. The van der Waals surface area contributed by atoms with E-state index in [9.17, 15) is 29.1 Å². The minimum atomic E-state index is -1.68. The van der Waals surface area contributed by atoms with Crippen LogP contribution < -0.4 is 27.4 Å². The molecule has 4 atom stereocenters. The van der Waals surface area contributed by atoms with Crippen LogP contribution in [0.2, 0.25) is 0 Å². The normalized spacial score (nSPS) is 14.4. The van der Waals surface area contributed by atoms with Gasteiger partial charge in [-0.05, 0) is 31.7 Å². The summed E-state index contributed by atoms with van der Waals surface area (Å²) in [5.41, 5.74) is 11.9. The number of aliphatic carboxylic acids is 2. The Morgan fingerprint density at radius 2 is 1.57 bits per heavy atom. The van der Waals surface area contributed by atoms with Gasteiger partial charge in [-0.25, -0.2) is 9.78 Å². The number of unbranched alkanes of at least 4 members (excludes halogenated alkanes) is 1. The molecule has 196 valence electrons. The van der Waals surface area contributed by atoms with Crippen LogP contribution in [0.1, 0.15) is 45.2 Å². The molecule has 0 aliphatic carbocycles. The van der Waals surface area contributed by atoms with Crippen molar-refractivity contribution in [2.45, 2.75) is 70.1 Å². The van der Waals surface area contributed by atoms with Gasteiger partial charge in [0.05, 0.1) is 18.8 Å². The predicted molar refractivity (Wildman–Crippen MR) is 124 cm³/mol. The fourth-order valence-corrected chi connectivity index (χ4v) is 3.08. The number of nitrogens with zero attached hydrogens (tertiary/aromatic N) is 1. The molecule has 0 saturated heterocycles. The molecule has 0 spiro atoms. The van der Waals surface area contributed by atoms with Gasteiger partial charge in [0.1, 0.15) is 18.1 Å². The molecule has 0 aromatic carbocycles. The highest BCUT2D eigenvalue weighted by Crippen LogP contribution is 2.07. The fraction of sp³-hybridized carbons (Fsp3) is 0.619. The highest BCUT2D eigenvalue weighted by Gasteiger charge is 2.31. The molecule has 1 aromatic heterocycles. The molecule has 1 heterocycles. The van der Waals surface area contributed by atoms with Crippen LogP contribution in [0.15, 0.2) is 12.5 Å². The van der Waals surface area contributed by atoms with Crippen molar-refractivity contribution < 1.29 is 34.2 Å². The lowest BCUT2D eigenvalue weighted by Crippen LogP contribution is -2.58. The number of nitrogens with one attached hydrogen (secondary N) is 4. The molecule has 0 saturated carbocycles. The third-order valence-electron chi connectivity index (χ3n) is 5.21. The van der Waals surface area contributed by atoms with E-state index in [2.05, 4.69) is 25.9 Å². The first kappa shape index (κ1) is 29.5. The van der Waals surface area contributed by atoms with Crippen LogP contribution in [0.5, 0.6) is 0 Å². The van der Waals surface area contributed by atoms with Crippen molar-refractivity contribution in [2.24, 2.45) is 17.4 Å². The van der Waals surface area contributed by atoms with Crippen LogP contribution in [-0.2, 0) is 30.4 Å². The van der Waals surface area contributed by atoms with Gasteiger partial charge < -0.3 is 42.6 Å². The molecule has 4 unspecified atom stereocenters. The van der Waals surface area contributed by atoms with E-state index in [4.69, 9.17) is 16.6 Å². The van der Waals surface area contributed by atoms with Crippen molar-refractivity contribution in [3.05, 3.63) is 18.2 Å². The molecule has 0 fully saturated rings. The summed E-state index contributed by atoms with van der Waals surface area (Å²) >= 11 is 0. The fourth-order valence-electron chi connectivity index (χ4n) is 3.08. The van der Waals surface area contributed by atoms with Crippen LogP contribution in [0.3, 0.4) is 0 Å². The number of H-pyrrole nitrogens is 1. The minimum absolute atomic E-state index is 0.0241. The van der Waals surface area contributed by atoms with E-state index >= 15 is 0 Å². The first-order valence-corrected chi connectivity index (χ1v) is 11.2. The van der Waals surface area contributed by atoms with Gasteiger partial charge in [-0.1, -0.05) is 13.8 Å². The maximum Gasteiger partial charge on any atom is 0.326 e. The van der Waals surface area contributed by atoms with Crippen LogP contribution in [0.25, 0.3) is 0 Å². The van der Waals surface area contributed by atoms with Crippen LogP contribution >= 0.6 is 0 Å². The minimum Gasteiger partial charge on any atom is -0.481 e. The summed E-state index contributed by atoms with van der Waals surface area (Å²) in [6, 6.07) is -4.86. The van der Waals surface area contributed by atoms with E-state index in [0.29, 0.717) is 25.1 Å². The number of aromatic nitrogens is 2. The van der Waals surface area contributed by atoms with Gasteiger partial charge in [-0.2, -0.15) is 0 Å². The maximum absolute atomic E-state index is 13.1. The van der Waals surface area contributed by atoms with Crippen LogP contribution in [0, 0.1) is 5.92 Å². The summed E-state index contributed by atoms with van der Waals surface area (Å²) in [6.07, 6.45) is 3.15. The number of nitrogens with two attached hydrogens (primary N) is 2. The van der Waals surface area contributed by atoms with E-state index in [0.717, 1.165) is 0 Å². The molecule has 1 aromatic rings. The van der Waals surface area contributed by atoms with E-state index in [1.54, 1.807) is 13.8 Å². The Balaban J connectivity index is 3.06. The molecule has 1 rings (SSSR count). The van der Waals surface area contributed by atoms with E-state index in [1.807, 2.05) is 0 Å². The molecule has 0 radical (unpaired) electrons. The molecular formula is C21H35N7O7. The lowest BCUT2D eigenvalue weighted by atomic mass is 10.0. The largest absolute Gasteiger partial charge is 0.481 e. The number of carbonyl (C=O) groups is 5. The summed E-state index contributed by atoms with van der Waals surface area (Å²) in [5, 5.41) is 25.4. The molecule has 14 nitrogen and oxygen atoms in total. The molecule has 10 N–H and O–H groups in total. The van der Waals surface area contributed by atoms with Gasteiger partial charge in [0, 0.05) is 18.3 Å². The number of rotatable bonds is 16. The summed E-state index contributed by atoms with van der Waals surface area (Å²) < 4.78 is 0. The van der Waals surface area contributed by atoms with Gasteiger partial charge in [-0.15, -0.1) is 0 Å². The van der Waals surface area contributed by atoms with Crippen molar-refractivity contribution in [2.75, 3.05) is 6.54 Å². The average molecular weight is 498 g/mol. The molecule has 35 heavy (non-hydrogen) atoms. The Labute approximate surface area is 202 Å². The monoisotopic (exact) mass is 497 g/mol. The van der Waals surface area contributed by atoms with Gasteiger partial charge in [-0.3, -0.25) is 19.2 Å². The van der Waals surface area contributed by atoms with Crippen molar-refractivity contribution in [1.29, 1.82) is 0 Å². The molecule has 0 aliphatic heterocycles. The van der Waals surface area contributed by atoms with Crippen molar-refractivity contribution >= 4 is 29.7 Å². The molecule has 14 heteroatoms. The van der Waals surface area contributed by atoms with E-state index in [-0.39, 0.29) is 18.8 Å². The number of hydrogen-bond acceptors (Lipinski definition) is 8. The summed E-state index contributed by atoms with van der Waals surface area (Å²) in [7, 11) is 0. The maximum atomic E-state index is 13.1. The Kier molecular flexibility index (Phi) is 12.4. The quantitative estimate of drug-likeness (QED) is 0.118. The summed E-state index contributed by atoms with van der Waals surface area (Å²) in [6.45, 7) is 3.84. The number of imidazole rings is 1. The first-order chi connectivity index (χ1) is 16.5. The van der Waals surface area contributed by atoms with E-state index < -0.39 is 60.2 Å². The number of hydrogen-bond donors (Lipinski definition) is 8. The third kappa shape index (κ3) is 10.5. The Bertz CT molecular complexity index is 860. The lowest BCUT2D eigenvalue weighted by molar-refractivity contribution is -0.147. The zero-order chi connectivity index (χ0) is 26.5. The number of amides is 3. The smallest absolute Gasteiger partial charge is 0.326 e. The highest BCUT2D eigenvalue weighted by molar-refractivity contribution is 5.94.